The van der Waals surface area contributed by atoms with E-state index in [-0.39, 0.29) is 11.9 Å². The first-order chi connectivity index (χ1) is 11.2. The van der Waals surface area contributed by atoms with Crippen molar-refractivity contribution in [1.82, 2.24) is 10.2 Å². The Hall–Kier alpha value is -1.21. The van der Waals surface area contributed by atoms with E-state index in [1.807, 2.05) is 24.3 Å². The van der Waals surface area contributed by atoms with Crippen LogP contribution in [0.2, 0.25) is 0 Å². The van der Waals surface area contributed by atoms with Crippen LogP contribution < -0.4 is 5.32 Å². The Bertz CT molecular complexity index is 611. The number of hydrogen-bond donors (Lipinski definition) is 1. The molecule has 1 unspecified atom stereocenters. The minimum atomic E-state index is -0.206. The summed E-state index contributed by atoms with van der Waals surface area (Å²) in [7, 11) is 0. The maximum atomic E-state index is 13.2. The molecular weight excluding hydrogens is 363 g/mol. The third-order valence-corrected chi connectivity index (χ3v) is 4.43. The highest BCUT2D eigenvalue weighted by atomic mass is 79.9. The molecule has 23 heavy (non-hydrogen) atoms. The summed E-state index contributed by atoms with van der Waals surface area (Å²) in [6.07, 6.45) is 0. The molecule has 2 heterocycles. The second-order valence-corrected chi connectivity index (χ2v) is 6.33. The fourth-order valence-electron chi connectivity index (χ4n) is 2.81. The predicted octanol–water partition coefficient (Wildman–Crippen LogP) is 3.34. The molecule has 1 aromatic carbocycles. The third-order valence-electron chi connectivity index (χ3n) is 4.01. The smallest absolute Gasteiger partial charge is 0.169 e. The van der Waals surface area contributed by atoms with Crippen LogP contribution in [0.3, 0.4) is 0 Å². The van der Waals surface area contributed by atoms with Crippen LogP contribution in [0.4, 0.5) is 4.39 Å². The number of halogens is 2. The van der Waals surface area contributed by atoms with Gasteiger partial charge < -0.3 is 14.5 Å². The quantitative estimate of drug-likeness (QED) is 0.831. The summed E-state index contributed by atoms with van der Waals surface area (Å²) in [6, 6.07) is 10.8. The number of furan rings is 1. The predicted molar refractivity (Wildman–Crippen MR) is 89.6 cm³/mol. The van der Waals surface area contributed by atoms with E-state index in [0.29, 0.717) is 6.54 Å². The lowest BCUT2D eigenvalue weighted by Gasteiger charge is -2.35. The van der Waals surface area contributed by atoms with Gasteiger partial charge in [0.1, 0.15) is 11.6 Å². The van der Waals surface area contributed by atoms with Crippen molar-refractivity contribution >= 4 is 15.9 Å². The lowest BCUT2D eigenvalue weighted by Crippen LogP contribution is -2.42. The van der Waals surface area contributed by atoms with Crippen molar-refractivity contribution in [2.24, 2.45) is 0 Å². The first kappa shape index (κ1) is 16.6. The molecule has 1 aromatic heterocycles. The monoisotopic (exact) mass is 382 g/mol. The fourth-order valence-corrected chi connectivity index (χ4v) is 3.15. The van der Waals surface area contributed by atoms with Crippen LogP contribution in [0.25, 0.3) is 0 Å². The van der Waals surface area contributed by atoms with Gasteiger partial charge in [-0.1, -0.05) is 12.1 Å². The van der Waals surface area contributed by atoms with E-state index < -0.39 is 0 Å². The summed E-state index contributed by atoms with van der Waals surface area (Å²) in [4.78, 5) is 2.38. The lowest BCUT2D eigenvalue weighted by atomic mass is 10.0. The SMILES string of the molecule is Fc1ccc(C(CNCc2ccc(Br)o2)N2CCOCC2)cc1. The van der Waals surface area contributed by atoms with Crippen molar-refractivity contribution in [3.8, 4) is 0 Å². The molecule has 0 aliphatic carbocycles. The highest BCUT2D eigenvalue weighted by Crippen LogP contribution is 2.22. The molecular formula is C17H20BrFN2O2. The van der Waals surface area contributed by atoms with Crippen LogP contribution in [0.5, 0.6) is 0 Å². The first-order valence-electron chi connectivity index (χ1n) is 7.74. The fraction of sp³-hybridized carbons (Fsp3) is 0.412. The summed E-state index contributed by atoms with van der Waals surface area (Å²) < 4.78 is 24.9. The largest absolute Gasteiger partial charge is 0.453 e. The van der Waals surface area contributed by atoms with Gasteiger partial charge in [-0.15, -0.1) is 0 Å². The van der Waals surface area contributed by atoms with E-state index in [2.05, 4.69) is 26.1 Å². The van der Waals surface area contributed by atoms with E-state index >= 15 is 0 Å². The number of nitrogens with one attached hydrogen (secondary N) is 1. The van der Waals surface area contributed by atoms with E-state index in [4.69, 9.17) is 9.15 Å². The van der Waals surface area contributed by atoms with Gasteiger partial charge >= 0.3 is 0 Å². The summed E-state index contributed by atoms with van der Waals surface area (Å²) in [6.45, 7) is 4.68. The molecule has 1 aliphatic heterocycles. The molecule has 1 atom stereocenters. The van der Waals surface area contributed by atoms with Crippen LogP contribution in [-0.2, 0) is 11.3 Å². The third kappa shape index (κ3) is 4.64. The minimum Gasteiger partial charge on any atom is -0.453 e. The Morgan fingerprint density at radius 1 is 1.13 bits per heavy atom. The highest BCUT2D eigenvalue weighted by Gasteiger charge is 2.22. The van der Waals surface area contributed by atoms with Gasteiger partial charge in [0.05, 0.1) is 19.8 Å². The Morgan fingerprint density at radius 3 is 2.52 bits per heavy atom. The highest BCUT2D eigenvalue weighted by molar-refractivity contribution is 9.10. The molecule has 124 valence electrons. The molecule has 0 radical (unpaired) electrons. The summed E-state index contributed by atoms with van der Waals surface area (Å²) in [5, 5.41) is 3.43. The van der Waals surface area contributed by atoms with Crippen molar-refractivity contribution in [1.29, 1.82) is 0 Å². The molecule has 3 rings (SSSR count). The molecule has 4 nitrogen and oxygen atoms in total. The number of morpholine rings is 1. The van der Waals surface area contributed by atoms with E-state index in [1.54, 1.807) is 0 Å². The zero-order chi connectivity index (χ0) is 16.1. The Balaban J connectivity index is 1.65. The standard InChI is InChI=1S/C17H20BrFN2O2/c18-17-6-5-15(23-17)11-20-12-16(21-7-9-22-10-8-21)13-1-3-14(19)4-2-13/h1-6,16,20H,7-12H2. The maximum absolute atomic E-state index is 13.2. The van der Waals surface area contributed by atoms with Crippen molar-refractivity contribution in [3.63, 3.8) is 0 Å². The molecule has 1 fully saturated rings. The number of rotatable bonds is 6. The normalized spacial score (nSPS) is 17.3. The van der Waals surface area contributed by atoms with E-state index in [1.165, 1.54) is 12.1 Å². The van der Waals surface area contributed by atoms with E-state index in [0.717, 1.165) is 48.8 Å². The molecule has 0 spiro atoms. The first-order valence-corrected chi connectivity index (χ1v) is 8.54. The van der Waals surface area contributed by atoms with Gasteiger partial charge in [-0.3, -0.25) is 4.90 Å². The van der Waals surface area contributed by atoms with Crippen LogP contribution >= 0.6 is 15.9 Å². The number of benzene rings is 1. The number of nitrogens with zero attached hydrogens (tertiary/aromatic N) is 1. The molecule has 6 heteroatoms. The van der Waals surface area contributed by atoms with Crippen molar-refractivity contribution in [2.75, 3.05) is 32.8 Å². The zero-order valence-corrected chi connectivity index (χ0v) is 14.4. The van der Waals surface area contributed by atoms with Gasteiger partial charge in [0.15, 0.2) is 4.67 Å². The Labute approximate surface area is 143 Å². The van der Waals surface area contributed by atoms with Crippen LogP contribution in [0, 0.1) is 5.82 Å². The van der Waals surface area contributed by atoms with Gasteiger partial charge in [0.2, 0.25) is 0 Å². The minimum absolute atomic E-state index is 0.193. The topological polar surface area (TPSA) is 37.6 Å². The molecule has 1 saturated heterocycles. The second kappa shape index (κ2) is 8.06. The molecule has 0 bridgehead atoms. The molecule has 2 aromatic rings. The number of hydrogen-bond acceptors (Lipinski definition) is 4. The Morgan fingerprint density at radius 2 is 1.87 bits per heavy atom. The lowest BCUT2D eigenvalue weighted by molar-refractivity contribution is 0.0160. The zero-order valence-electron chi connectivity index (χ0n) is 12.8. The summed E-state index contributed by atoms with van der Waals surface area (Å²) in [5.74, 6) is 0.680. The van der Waals surface area contributed by atoms with Crippen molar-refractivity contribution < 1.29 is 13.5 Å². The van der Waals surface area contributed by atoms with Gasteiger partial charge in [-0.05, 0) is 45.8 Å². The van der Waals surface area contributed by atoms with Gasteiger partial charge in [-0.25, -0.2) is 4.39 Å². The average Bonchev–Trinajstić information content (AvgIpc) is 2.99. The van der Waals surface area contributed by atoms with Crippen molar-refractivity contribution in [3.05, 3.63) is 58.2 Å². The van der Waals surface area contributed by atoms with Gasteiger partial charge in [0.25, 0.3) is 0 Å². The molecule has 1 aliphatic rings. The summed E-state index contributed by atoms with van der Waals surface area (Å²) >= 11 is 3.31. The Kier molecular flexibility index (Phi) is 5.83. The molecule has 0 saturated carbocycles. The van der Waals surface area contributed by atoms with Crippen LogP contribution in [0.15, 0.2) is 45.5 Å². The van der Waals surface area contributed by atoms with Gasteiger partial charge in [0, 0.05) is 25.7 Å². The average molecular weight is 383 g/mol. The van der Waals surface area contributed by atoms with Gasteiger partial charge in [-0.2, -0.15) is 0 Å². The van der Waals surface area contributed by atoms with E-state index in [9.17, 15) is 4.39 Å². The number of ether oxygens (including phenoxy) is 1. The summed E-state index contributed by atoms with van der Waals surface area (Å²) in [5.41, 5.74) is 1.11. The second-order valence-electron chi connectivity index (χ2n) is 5.55. The van der Waals surface area contributed by atoms with Crippen LogP contribution in [-0.4, -0.2) is 37.7 Å². The van der Waals surface area contributed by atoms with Crippen LogP contribution in [0.1, 0.15) is 17.4 Å². The molecule has 1 N–H and O–H groups in total. The van der Waals surface area contributed by atoms with Crippen molar-refractivity contribution in [2.45, 2.75) is 12.6 Å². The maximum Gasteiger partial charge on any atom is 0.169 e. The molecule has 0 amide bonds.